The van der Waals surface area contributed by atoms with Gasteiger partial charge in [-0.3, -0.25) is 9.59 Å². The minimum atomic E-state index is -0.742. The van der Waals surface area contributed by atoms with E-state index in [0.717, 1.165) is 31.2 Å². The molecule has 4 nitrogen and oxygen atoms in total. The first-order chi connectivity index (χ1) is 13.9. The number of rotatable bonds is 10. The third-order valence-corrected chi connectivity index (χ3v) is 6.40. The van der Waals surface area contributed by atoms with Gasteiger partial charge in [-0.15, -0.1) is 0 Å². The van der Waals surface area contributed by atoms with Crippen LogP contribution < -0.4 is 0 Å². The normalized spacial score (nSPS) is 26.6. The molecule has 0 spiro atoms. The van der Waals surface area contributed by atoms with Crippen molar-refractivity contribution in [2.45, 2.75) is 70.0 Å². The number of ether oxygens (including phenoxy) is 1. The zero-order valence-electron chi connectivity index (χ0n) is 17.4. The molecule has 2 aliphatic heterocycles. The lowest BCUT2D eigenvalue weighted by Gasteiger charge is -2.26. The van der Waals surface area contributed by atoms with Crippen molar-refractivity contribution in [3.63, 3.8) is 0 Å². The van der Waals surface area contributed by atoms with Crippen LogP contribution in [0.2, 0.25) is 0 Å². The van der Waals surface area contributed by atoms with Crippen molar-refractivity contribution in [3.8, 4) is 0 Å². The van der Waals surface area contributed by atoms with Crippen LogP contribution in [-0.4, -0.2) is 29.1 Å². The Balaban J connectivity index is 1.60. The summed E-state index contributed by atoms with van der Waals surface area (Å²) in [7, 11) is 0. The van der Waals surface area contributed by atoms with Crippen LogP contribution in [0.5, 0.6) is 0 Å². The molecule has 2 saturated heterocycles. The Morgan fingerprint density at radius 2 is 1.86 bits per heavy atom. The van der Waals surface area contributed by atoms with Gasteiger partial charge in [-0.25, -0.2) is 0 Å². The molecule has 3 rings (SSSR count). The predicted octanol–water partition coefficient (Wildman–Crippen LogP) is 5.08. The zero-order chi connectivity index (χ0) is 20.9. The lowest BCUT2D eigenvalue weighted by atomic mass is 9.76. The number of hydrogen-bond donors (Lipinski definition) is 1. The Hall–Kier alpha value is -2.20. The molecular formula is C25H32O4. The summed E-state index contributed by atoms with van der Waals surface area (Å²) in [6.45, 7) is 3.95. The van der Waals surface area contributed by atoms with Crippen LogP contribution >= 0.6 is 0 Å². The molecule has 0 amide bonds. The first kappa shape index (κ1) is 21.5. The summed E-state index contributed by atoms with van der Waals surface area (Å²) in [5.41, 5.74) is 0.482. The SMILES string of the molecule is CC(C)(C(=O)/C=C/[C@H]1[C@@H](C/C=C\CCCC(=O)O)[C@H]2CC[C@@H]1O2)c1ccccc1. The minimum Gasteiger partial charge on any atom is -0.481 e. The van der Waals surface area contributed by atoms with Crippen molar-refractivity contribution in [1.82, 2.24) is 0 Å². The lowest BCUT2D eigenvalue weighted by Crippen LogP contribution is -2.29. The Morgan fingerprint density at radius 3 is 2.59 bits per heavy atom. The van der Waals surface area contributed by atoms with Gasteiger partial charge in [0.15, 0.2) is 5.78 Å². The average molecular weight is 397 g/mol. The van der Waals surface area contributed by atoms with Gasteiger partial charge >= 0.3 is 5.97 Å². The Kier molecular flexibility index (Phi) is 7.07. The fourth-order valence-electron chi connectivity index (χ4n) is 4.53. The monoisotopic (exact) mass is 396 g/mol. The molecule has 0 aliphatic carbocycles. The maximum atomic E-state index is 12.9. The number of fused-ring (bicyclic) bond motifs is 2. The second kappa shape index (κ2) is 9.53. The molecule has 2 aliphatic rings. The van der Waals surface area contributed by atoms with Gasteiger partial charge in [0.1, 0.15) is 0 Å². The van der Waals surface area contributed by atoms with Crippen LogP contribution in [0.1, 0.15) is 57.9 Å². The lowest BCUT2D eigenvalue weighted by molar-refractivity contribution is -0.137. The number of carboxylic acids is 1. The van der Waals surface area contributed by atoms with Gasteiger partial charge in [-0.05, 0) is 63.5 Å². The number of allylic oxidation sites excluding steroid dienone is 3. The minimum absolute atomic E-state index is 0.120. The van der Waals surface area contributed by atoms with E-state index >= 15 is 0 Å². The highest BCUT2D eigenvalue weighted by Gasteiger charge is 2.47. The molecule has 0 saturated carbocycles. The summed E-state index contributed by atoms with van der Waals surface area (Å²) in [6, 6.07) is 9.91. The molecule has 0 unspecified atom stereocenters. The van der Waals surface area contributed by atoms with Gasteiger partial charge in [0.2, 0.25) is 0 Å². The molecule has 1 aromatic carbocycles. The summed E-state index contributed by atoms with van der Waals surface area (Å²) >= 11 is 0. The third-order valence-electron chi connectivity index (χ3n) is 6.40. The van der Waals surface area contributed by atoms with E-state index in [0.29, 0.717) is 12.3 Å². The number of benzene rings is 1. The van der Waals surface area contributed by atoms with E-state index in [1.807, 2.05) is 44.2 Å². The second-order valence-electron chi connectivity index (χ2n) is 8.74. The van der Waals surface area contributed by atoms with E-state index in [1.54, 1.807) is 6.08 Å². The maximum Gasteiger partial charge on any atom is 0.303 e. The van der Waals surface area contributed by atoms with Crippen molar-refractivity contribution in [1.29, 1.82) is 0 Å². The third kappa shape index (κ3) is 5.24. The fraction of sp³-hybridized carbons (Fsp3) is 0.520. The smallest absolute Gasteiger partial charge is 0.303 e. The molecule has 29 heavy (non-hydrogen) atoms. The van der Waals surface area contributed by atoms with Gasteiger partial charge in [0.25, 0.3) is 0 Å². The first-order valence-corrected chi connectivity index (χ1v) is 10.7. The van der Waals surface area contributed by atoms with Gasteiger partial charge < -0.3 is 9.84 Å². The van der Waals surface area contributed by atoms with Crippen molar-refractivity contribution in [3.05, 3.63) is 60.2 Å². The first-order valence-electron chi connectivity index (χ1n) is 10.7. The zero-order valence-corrected chi connectivity index (χ0v) is 17.4. The van der Waals surface area contributed by atoms with Crippen molar-refractivity contribution in [2.75, 3.05) is 0 Å². The highest BCUT2D eigenvalue weighted by atomic mass is 16.5. The van der Waals surface area contributed by atoms with E-state index in [9.17, 15) is 9.59 Å². The molecule has 2 heterocycles. The molecule has 1 aromatic rings. The largest absolute Gasteiger partial charge is 0.481 e. The van der Waals surface area contributed by atoms with E-state index in [-0.39, 0.29) is 30.3 Å². The number of carbonyl (C=O) groups excluding carboxylic acids is 1. The Labute approximate surface area is 173 Å². The summed E-state index contributed by atoms with van der Waals surface area (Å²) < 4.78 is 6.14. The Bertz CT molecular complexity index is 762. The molecule has 4 atom stereocenters. The van der Waals surface area contributed by atoms with Crippen LogP contribution in [0.3, 0.4) is 0 Å². The summed E-state index contributed by atoms with van der Waals surface area (Å²) in [5.74, 6) is 0.0453. The van der Waals surface area contributed by atoms with E-state index < -0.39 is 11.4 Å². The van der Waals surface area contributed by atoms with Crippen LogP contribution in [0.4, 0.5) is 0 Å². The van der Waals surface area contributed by atoms with Crippen LogP contribution in [-0.2, 0) is 19.7 Å². The molecule has 2 bridgehead atoms. The second-order valence-corrected chi connectivity index (χ2v) is 8.74. The van der Waals surface area contributed by atoms with Crippen molar-refractivity contribution in [2.24, 2.45) is 11.8 Å². The molecule has 2 fully saturated rings. The van der Waals surface area contributed by atoms with Crippen molar-refractivity contribution < 1.29 is 19.4 Å². The van der Waals surface area contributed by atoms with Gasteiger partial charge in [0, 0.05) is 12.3 Å². The van der Waals surface area contributed by atoms with Crippen LogP contribution in [0.25, 0.3) is 0 Å². The van der Waals surface area contributed by atoms with Crippen LogP contribution in [0.15, 0.2) is 54.6 Å². The Morgan fingerprint density at radius 1 is 1.14 bits per heavy atom. The summed E-state index contributed by atoms with van der Waals surface area (Å²) in [4.78, 5) is 23.5. The van der Waals surface area contributed by atoms with E-state index in [2.05, 4.69) is 18.2 Å². The molecule has 1 N–H and O–H groups in total. The quantitative estimate of drug-likeness (QED) is 0.340. The standard InChI is InChI=1S/C25H32O4/c1-25(2,18-10-6-5-7-11-18)23(26)17-14-20-19(21-15-16-22(20)29-21)12-8-3-4-9-13-24(27)28/h3,5-8,10-11,14,17,19-22H,4,9,12-13,15-16H2,1-2H3,(H,27,28)/b8-3-,17-14+/t19-,20+,21-,22+/m1/s1. The van der Waals surface area contributed by atoms with Gasteiger partial charge in [-0.1, -0.05) is 48.6 Å². The average Bonchev–Trinajstić information content (AvgIpc) is 3.31. The topological polar surface area (TPSA) is 63.6 Å². The van der Waals surface area contributed by atoms with Gasteiger partial charge in [-0.2, -0.15) is 0 Å². The highest BCUT2D eigenvalue weighted by Crippen LogP contribution is 2.46. The number of aliphatic carboxylic acids is 1. The maximum absolute atomic E-state index is 12.9. The number of hydrogen-bond acceptors (Lipinski definition) is 3. The molecule has 0 radical (unpaired) electrons. The molecule has 4 heteroatoms. The van der Waals surface area contributed by atoms with Crippen molar-refractivity contribution >= 4 is 11.8 Å². The molecular weight excluding hydrogens is 364 g/mol. The fourth-order valence-corrected chi connectivity index (χ4v) is 4.53. The summed E-state index contributed by atoms with van der Waals surface area (Å²) in [5, 5.41) is 8.71. The number of unbranched alkanes of at least 4 members (excludes halogenated alkanes) is 1. The van der Waals surface area contributed by atoms with E-state index in [1.165, 1.54) is 0 Å². The van der Waals surface area contributed by atoms with Gasteiger partial charge in [0.05, 0.1) is 17.6 Å². The number of ketones is 1. The van der Waals surface area contributed by atoms with Crippen LogP contribution in [0, 0.1) is 11.8 Å². The highest BCUT2D eigenvalue weighted by molar-refractivity contribution is 5.98. The number of carboxylic acid groups (broad SMARTS) is 1. The predicted molar refractivity (Wildman–Crippen MR) is 114 cm³/mol. The number of carbonyl (C=O) groups is 2. The molecule has 0 aromatic heterocycles. The molecule has 156 valence electrons. The van der Waals surface area contributed by atoms with E-state index in [4.69, 9.17) is 9.84 Å². The summed E-state index contributed by atoms with van der Waals surface area (Å²) in [6.07, 6.45) is 13.3.